The Morgan fingerprint density at radius 3 is 2.55 bits per heavy atom. The molecule has 0 amide bonds. The molecule has 0 spiro atoms. The predicted molar refractivity (Wildman–Crippen MR) is 45.9 cm³/mol. The zero-order valence-electron chi connectivity index (χ0n) is 7.35. The molecule has 64 valence electrons. The van der Waals surface area contributed by atoms with Crippen molar-refractivity contribution in [3.63, 3.8) is 0 Å². The van der Waals surface area contributed by atoms with Crippen molar-refractivity contribution in [1.82, 2.24) is 5.32 Å². The average molecular weight is 155 g/mol. The summed E-state index contributed by atoms with van der Waals surface area (Å²) in [6.45, 7) is 6.25. The second-order valence-corrected chi connectivity index (χ2v) is 3.28. The fraction of sp³-hybridized carbons (Fsp3) is 0.875. The monoisotopic (exact) mass is 155 g/mol. The van der Waals surface area contributed by atoms with E-state index in [2.05, 4.69) is 11.4 Å². The van der Waals surface area contributed by atoms with Gasteiger partial charge in [-0.25, -0.2) is 0 Å². The number of hydrogen-bond acceptors (Lipinski definition) is 3. The number of nitrogens with two attached hydrogens (primary N) is 1. The summed E-state index contributed by atoms with van der Waals surface area (Å²) >= 11 is 0. The van der Waals surface area contributed by atoms with Crippen molar-refractivity contribution in [2.45, 2.75) is 20.3 Å². The van der Waals surface area contributed by atoms with Crippen LogP contribution in [0.5, 0.6) is 0 Å². The van der Waals surface area contributed by atoms with Crippen LogP contribution in [0.4, 0.5) is 0 Å². The van der Waals surface area contributed by atoms with Crippen LogP contribution in [0.25, 0.3) is 0 Å². The van der Waals surface area contributed by atoms with Gasteiger partial charge < -0.3 is 11.1 Å². The molecular weight excluding hydrogens is 138 g/mol. The molecule has 0 saturated carbocycles. The Kier molecular flexibility index (Phi) is 4.84. The maximum atomic E-state index is 8.65. The van der Waals surface area contributed by atoms with Gasteiger partial charge in [0, 0.05) is 13.1 Å². The van der Waals surface area contributed by atoms with E-state index < -0.39 is 0 Å². The molecule has 0 aromatic carbocycles. The number of nitrogens with one attached hydrogen (secondary N) is 1. The molecule has 0 atom stereocenters. The smallest absolute Gasteiger partial charge is 0.0684 e. The number of hydrogen-bond donors (Lipinski definition) is 2. The summed E-state index contributed by atoms with van der Waals surface area (Å²) in [6, 6.07) is 2.25. The van der Waals surface area contributed by atoms with Crippen LogP contribution < -0.4 is 11.1 Å². The Bertz CT molecular complexity index is 135. The fourth-order valence-corrected chi connectivity index (χ4v) is 0.684. The highest BCUT2D eigenvalue weighted by Gasteiger charge is 2.14. The van der Waals surface area contributed by atoms with Gasteiger partial charge >= 0.3 is 0 Å². The van der Waals surface area contributed by atoms with Crippen LogP contribution in [-0.2, 0) is 0 Å². The molecular formula is C8H17N3. The lowest BCUT2D eigenvalue weighted by molar-refractivity contribution is 0.434. The molecule has 11 heavy (non-hydrogen) atoms. The topological polar surface area (TPSA) is 61.8 Å². The van der Waals surface area contributed by atoms with Gasteiger partial charge in [-0.05, 0) is 26.8 Å². The van der Waals surface area contributed by atoms with Crippen LogP contribution in [0.15, 0.2) is 0 Å². The minimum atomic E-state index is -0.207. The molecule has 0 heterocycles. The van der Waals surface area contributed by atoms with Crippen molar-refractivity contribution in [2.75, 3.05) is 19.6 Å². The molecule has 0 aliphatic heterocycles. The van der Waals surface area contributed by atoms with Gasteiger partial charge in [0.15, 0.2) is 0 Å². The average Bonchev–Trinajstić information content (AvgIpc) is 1.99. The highest BCUT2D eigenvalue weighted by molar-refractivity contribution is 4.91. The molecule has 0 aliphatic carbocycles. The van der Waals surface area contributed by atoms with E-state index in [-0.39, 0.29) is 5.41 Å². The maximum absolute atomic E-state index is 8.65. The van der Waals surface area contributed by atoms with Gasteiger partial charge in [-0.1, -0.05) is 0 Å². The lowest BCUT2D eigenvalue weighted by Crippen LogP contribution is -2.26. The number of rotatable bonds is 5. The summed E-state index contributed by atoms with van der Waals surface area (Å²) in [4.78, 5) is 0. The van der Waals surface area contributed by atoms with E-state index in [0.717, 1.165) is 19.5 Å². The van der Waals surface area contributed by atoms with Gasteiger partial charge in [0.25, 0.3) is 0 Å². The molecule has 0 bridgehead atoms. The van der Waals surface area contributed by atoms with Gasteiger partial charge in [-0.15, -0.1) is 0 Å². The van der Waals surface area contributed by atoms with E-state index in [4.69, 9.17) is 11.0 Å². The van der Waals surface area contributed by atoms with Gasteiger partial charge in [0.2, 0.25) is 0 Å². The maximum Gasteiger partial charge on any atom is 0.0684 e. The third-order valence-corrected chi connectivity index (χ3v) is 1.55. The predicted octanol–water partition coefficient (Wildman–Crippen LogP) is 0.475. The van der Waals surface area contributed by atoms with E-state index in [9.17, 15) is 0 Å². The van der Waals surface area contributed by atoms with E-state index >= 15 is 0 Å². The van der Waals surface area contributed by atoms with Crippen molar-refractivity contribution in [3.05, 3.63) is 0 Å². The van der Waals surface area contributed by atoms with E-state index in [1.165, 1.54) is 0 Å². The Balaban J connectivity index is 3.32. The standard InChI is InChI=1S/C8H17N3/c1-8(2,7-10)3-5-11-6-4-9/h11H,3-6,9H2,1-2H3. The molecule has 0 unspecified atom stereocenters. The van der Waals surface area contributed by atoms with Crippen molar-refractivity contribution in [1.29, 1.82) is 5.26 Å². The van der Waals surface area contributed by atoms with E-state index in [0.29, 0.717) is 6.54 Å². The summed E-state index contributed by atoms with van der Waals surface area (Å²) in [5, 5.41) is 11.8. The summed E-state index contributed by atoms with van der Waals surface area (Å²) in [6.07, 6.45) is 0.878. The van der Waals surface area contributed by atoms with Gasteiger partial charge in [0.05, 0.1) is 11.5 Å². The lowest BCUT2D eigenvalue weighted by Gasteiger charge is -2.14. The first-order chi connectivity index (χ1) is 5.12. The van der Waals surface area contributed by atoms with Crippen LogP contribution in [0, 0.1) is 16.7 Å². The summed E-state index contributed by atoms with van der Waals surface area (Å²) < 4.78 is 0. The van der Waals surface area contributed by atoms with Gasteiger partial charge in [-0.3, -0.25) is 0 Å². The van der Waals surface area contributed by atoms with Crippen molar-refractivity contribution < 1.29 is 0 Å². The molecule has 3 N–H and O–H groups in total. The lowest BCUT2D eigenvalue weighted by atomic mass is 9.92. The van der Waals surface area contributed by atoms with Crippen LogP contribution in [0.2, 0.25) is 0 Å². The van der Waals surface area contributed by atoms with Crippen molar-refractivity contribution in [3.8, 4) is 6.07 Å². The Hall–Kier alpha value is -0.590. The van der Waals surface area contributed by atoms with Crippen LogP contribution in [-0.4, -0.2) is 19.6 Å². The molecule has 0 saturated heterocycles. The van der Waals surface area contributed by atoms with Crippen LogP contribution in [0.1, 0.15) is 20.3 Å². The SMILES string of the molecule is CC(C)(C#N)CCNCCN. The summed E-state index contributed by atoms with van der Waals surface area (Å²) in [5.74, 6) is 0. The van der Waals surface area contributed by atoms with E-state index in [1.807, 2.05) is 13.8 Å². The van der Waals surface area contributed by atoms with Gasteiger partial charge in [-0.2, -0.15) is 5.26 Å². The Morgan fingerprint density at radius 1 is 1.45 bits per heavy atom. The third-order valence-electron chi connectivity index (χ3n) is 1.55. The molecule has 0 fully saturated rings. The largest absolute Gasteiger partial charge is 0.329 e. The third kappa shape index (κ3) is 5.84. The van der Waals surface area contributed by atoms with Crippen LogP contribution in [0.3, 0.4) is 0 Å². The summed E-state index contributed by atoms with van der Waals surface area (Å²) in [5.41, 5.74) is 5.08. The minimum absolute atomic E-state index is 0.207. The van der Waals surface area contributed by atoms with Crippen molar-refractivity contribution in [2.24, 2.45) is 11.1 Å². The molecule has 3 nitrogen and oxygen atoms in total. The first-order valence-corrected chi connectivity index (χ1v) is 3.94. The quantitative estimate of drug-likeness (QED) is 0.567. The summed E-state index contributed by atoms with van der Waals surface area (Å²) in [7, 11) is 0. The Morgan fingerprint density at radius 2 is 2.09 bits per heavy atom. The molecule has 0 aromatic heterocycles. The van der Waals surface area contributed by atoms with Crippen LogP contribution >= 0.6 is 0 Å². The molecule has 0 aliphatic rings. The first kappa shape index (κ1) is 10.4. The van der Waals surface area contributed by atoms with Gasteiger partial charge in [0.1, 0.15) is 0 Å². The first-order valence-electron chi connectivity index (χ1n) is 3.94. The highest BCUT2D eigenvalue weighted by Crippen LogP contribution is 2.16. The molecule has 3 heteroatoms. The second-order valence-electron chi connectivity index (χ2n) is 3.28. The molecule has 0 rings (SSSR count). The minimum Gasteiger partial charge on any atom is -0.329 e. The second kappa shape index (κ2) is 5.11. The van der Waals surface area contributed by atoms with Crippen molar-refractivity contribution >= 4 is 0 Å². The normalized spacial score (nSPS) is 11.1. The Labute approximate surface area is 68.6 Å². The molecule has 0 aromatic rings. The van der Waals surface area contributed by atoms with E-state index in [1.54, 1.807) is 0 Å². The zero-order chi connectivity index (χ0) is 8.74. The zero-order valence-corrected chi connectivity index (χ0v) is 7.35. The number of nitrogens with zero attached hydrogens (tertiary/aromatic N) is 1. The highest BCUT2D eigenvalue weighted by atomic mass is 14.9. The molecule has 0 radical (unpaired) electrons. The number of nitriles is 1. The fourth-order valence-electron chi connectivity index (χ4n) is 0.684.